The molecule has 0 aromatic carbocycles. The molecule has 3 heterocycles. The van der Waals surface area contributed by atoms with Crippen molar-refractivity contribution in [1.82, 2.24) is 30.1 Å². The fourth-order valence-corrected chi connectivity index (χ4v) is 5.68. The van der Waals surface area contributed by atoms with Gasteiger partial charge >= 0.3 is 0 Å². The zero-order chi connectivity index (χ0) is 19.9. The minimum Gasteiger partial charge on any atom is -0.343 e. The number of aromatic amines is 2. The van der Waals surface area contributed by atoms with E-state index in [1.54, 1.807) is 0 Å². The van der Waals surface area contributed by atoms with Gasteiger partial charge in [0.25, 0.3) is 0 Å². The number of H-pyrrole nitrogens is 2. The molecule has 154 valence electrons. The molecule has 3 aliphatic carbocycles. The first-order valence-corrected chi connectivity index (χ1v) is 11.5. The van der Waals surface area contributed by atoms with Crippen molar-refractivity contribution in [3.63, 3.8) is 0 Å². The summed E-state index contributed by atoms with van der Waals surface area (Å²) in [4.78, 5) is 18.1. The van der Waals surface area contributed by atoms with Crippen LogP contribution in [0.4, 0.5) is 0 Å². The number of rotatable bonds is 3. The third-order valence-electron chi connectivity index (χ3n) is 7.12. The van der Waals surface area contributed by atoms with Crippen LogP contribution in [0.1, 0.15) is 73.4 Å². The summed E-state index contributed by atoms with van der Waals surface area (Å²) in [6, 6.07) is 0. The molecule has 0 radical (unpaired) electrons. The fourth-order valence-electron chi connectivity index (χ4n) is 5.68. The van der Waals surface area contributed by atoms with E-state index in [0.717, 1.165) is 42.3 Å². The highest BCUT2D eigenvalue weighted by Gasteiger charge is 2.33. The zero-order valence-electron chi connectivity index (χ0n) is 17.3. The van der Waals surface area contributed by atoms with Gasteiger partial charge in [-0.3, -0.25) is 5.10 Å². The van der Waals surface area contributed by atoms with Crippen LogP contribution in [0.5, 0.6) is 0 Å². The van der Waals surface area contributed by atoms with E-state index in [4.69, 9.17) is 9.97 Å². The number of hydrogen-bond donors (Lipinski definition) is 2. The highest BCUT2D eigenvalue weighted by atomic mass is 15.1. The molecule has 3 aliphatic rings. The molecule has 0 aliphatic heterocycles. The molecule has 3 aromatic heterocycles. The lowest BCUT2D eigenvalue weighted by atomic mass is 9.73. The van der Waals surface area contributed by atoms with Gasteiger partial charge in [0.15, 0.2) is 11.6 Å². The van der Waals surface area contributed by atoms with Gasteiger partial charge < -0.3 is 4.98 Å². The van der Waals surface area contributed by atoms with Gasteiger partial charge in [0.1, 0.15) is 11.4 Å². The van der Waals surface area contributed by atoms with Gasteiger partial charge in [0, 0.05) is 34.9 Å². The number of aryl methyl sites for hydroxylation is 2. The molecule has 6 nitrogen and oxygen atoms in total. The number of imidazole rings is 1. The first-order valence-electron chi connectivity index (χ1n) is 11.5. The Kier molecular flexibility index (Phi) is 4.51. The summed E-state index contributed by atoms with van der Waals surface area (Å²) in [7, 11) is 0. The molecule has 30 heavy (non-hydrogen) atoms. The van der Waals surface area contributed by atoms with Crippen molar-refractivity contribution in [2.75, 3.05) is 0 Å². The van der Waals surface area contributed by atoms with Crippen LogP contribution < -0.4 is 0 Å². The second kappa shape index (κ2) is 7.49. The van der Waals surface area contributed by atoms with Crippen molar-refractivity contribution >= 4 is 0 Å². The van der Waals surface area contributed by atoms with Crippen LogP contribution in [0.25, 0.3) is 23.0 Å². The van der Waals surface area contributed by atoms with Gasteiger partial charge in [0.05, 0.1) is 0 Å². The maximum absolute atomic E-state index is 5.12. The zero-order valence-corrected chi connectivity index (χ0v) is 17.3. The van der Waals surface area contributed by atoms with Gasteiger partial charge in [-0.05, 0) is 76.0 Å². The largest absolute Gasteiger partial charge is 0.343 e. The molecule has 0 spiro atoms. The molecule has 2 atom stereocenters. The van der Waals surface area contributed by atoms with E-state index >= 15 is 0 Å². The van der Waals surface area contributed by atoms with E-state index in [2.05, 4.69) is 32.3 Å². The number of nitrogens with one attached hydrogen (secondary N) is 2. The monoisotopic (exact) mass is 400 g/mol. The maximum Gasteiger partial charge on any atom is 0.181 e. The smallest absolute Gasteiger partial charge is 0.181 e. The lowest BCUT2D eigenvalue weighted by Crippen LogP contribution is -2.22. The van der Waals surface area contributed by atoms with E-state index in [-0.39, 0.29) is 0 Å². The standard InChI is InChI=1S/C24H28N6/c1-2-7-15(8-3-1)16-10-6-12-19-20(16)22(23-25-13-14-26-23)28-24(27-19)21-17-9-4-5-11-18(17)29-30-21/h2,7,13-16H,1,3-6,8-12H2,(H,25,26)(H,29,30). The van der Waals surface area contributed by atoms with E-state index in [1.165, 1.54) is 67.5 Å². The Balaban J connectivity index is 1.52. The predicted octanol–water partition coefficient (Wildman–Crippen LogP) is 4.91. The van der Waals surface area contributed by atoms with E-state index < -0.39 is 0 Å². The third-order valence-corrected chi connectivity index (χ3v) is 7.12. The van der Waals surface area contributed by atoms with Crippen LogP contribution in [0.3, 0.4) is 0 Å². The normalized spacial score (nSPS) is 23.2. The second-order valence-corrected chi connectivity index (χ2v) is 8.95. The van der Waals surface area contributed by atoms with Crippen LogP contribution in [-0.4, -0.2) is 30.1 Å². The van der Waals surface area contributed by atoms with Gasteiger partial charge in [-0.15, -0.1) is 0 Å². The fraction of sp³-hybridized carbons (Fsp3) is 0.500. The lowest BCUT2D eigenvalue weighted by molar-refractivity contribution is 0.398. The number of aromatic nitrogens is 6. The van der Waals surface area contributed by atoms with E-state index in [9.17, 15) is 0 Å². The maximum atomic E-state index is 5.12. The Morgan fingerprint density at radius 2 is 1.90 bits per heavy atom. The predicted molar refractivity (Wildman–Crippen MR) is 116 cm³/mol. The molecule has 0 amide bonds. The lowest BCUT2D eigenvalue weighted by Gasteiger charge is -2.33. The van der Waals surface area contributed by atoms with Crippen LogP contribution in [0.15, 0.2) is 24.5 Å². The van der Waals surface area contributed by atoms with Crippen molar-refractivity contribution in [3.05, 3.63) is 47.1 Å². The molecule has 0 bridgehead atoms. The molecular formula is C24H28N6. The van der Waals surface area contributed by atoms with E-state index in [0.29, 0.717) is 11.8 Å². The molecular weight excluding hydrogens is 372 g/mol. The third kappa shape index (κ3) is 3.01. The van der Waals surface area contributed by atoms with Gasteiger partial charge in [0.2, 0.25) is 0 Å². The molecule has 0 saturated carbocycles. The topological polar surface area (TPSA) is 83.1 Å². The Morgan fingerprint density at radius 3 is 2.77 bits per heavy atom. The van der Waals surface area contributed by atoms with Crippen LogP contribution in [0, 0.1) is 5.92 Å². The summed E-state index contributed by atoms with van der Waals surface area (Å²) in [5, 5.41) is 7.91. The quantitative estimate of drug-likeness (QED) is 0.612. The van der Waals surface area contributed by atoms with Crippen molar-refractivity contribution in [2.45, 2.75) is 70.1 Å². The van der Waals surface area contributed by atoms with Crippen molar-refractivity contribution < 1.29 is 0 Å². The Labute approximate surface area is 176 Å². The van der Waals surface area contributed by atoms with Crippen molar-refractivity contribution in [1.29, 1.82) is 0 Å². The van der Waals surface area contributed by atoms with Crippen molar-refractivity contribution in [2.24, 2.45) is 5.92 Å². The summed E-state index contributed by atoms with van der Waals surface area (Å²) in [6.45, 7) is 0. The number of nitrogens with zero attached hydrogens (tertiary/aromatic N) is 4. The average molecular weight is 401 g/mol. The number of fused-ring (bicyclic) bond motifs is 2. The first kappa shape index (κ1) is 18.0. The minimum atomic E-state index is 0.479. The van der Waals surface area contributed by atoms with E-state index in [1.807, 2.05) is 12.4 Å². The highest BCUT2D eigenvalue weighted by Crippen LogP contribution is 2.44. The minimum absolute atomic E-state index is 0.479. The highest BCUT2D eigenvalue weighted by molar-refractivity contribution is 5.65. The second-order valence-electron chi connectivity index (χ2n) is 8.95. The molecule has 2 unspecified atom stereocenters. The molecule has 3 aromatic rings. The number of allylic oxidation sites excluding steroid dienone is 2. The Morgan fingerprint density at radius 1 is 0.933 bits per heavy atom. The summed E-state index contributed by atoms with van der Waals surface area (Å²) >= 11 is 0. The van der Waals surface area contributed by atoms with Crippen LogP contribution in [0.2, 0.25) is 0 Å². The SMILES string of the molecule is C1=CC(C2CCCc3nc(-c4n[nH]c5c4CCCC5)nc(-c4ncc[nH]4)c32)CCC1. The Hall–Kier alpha value is -2.76. The summed E-state index contributed by atoms with van der Waals surface area (Å²) < 4.78 is 0. The van der Waals surface area contributed by atoms with Crippen LogP contribution in [-0.2, 0) is 19.3 Å². The van der Waals surface area contributed by atoms with Gasteiger partial charge in [-0.2, -0.15) is 5.10 Å². The van der Waals surface area contributed by atoms with Gasteiger partial charge in [-0.1, -0.05) is 12.2 Å². The molecule has 2 N–H and O–H groups in total. The molecule has 6 heteroatoms. The van der Waals surface area contributed by atoms with Gasteiger partial charge in [-0.25, -0.2) is 15.0 Å². The molecule has 0 fully saturated rings. The molecule has 0 saturated heterocycles. The molecule has 6 rings (SSSR count). The Bertz CT molecular complexity index is 1080. The van der Waals surface area contributed by atoms with Crippen LogP contribution >= 0.6 is 0 Å². The first-order chi connectivity index (χ1) is 14.9. The average Bonchev–Trinajstić information content (AvgIpc) is 3.49. The summed E-state index contributed by atoms with van der Waals surface area (Å²) in [5.74, 6) is 2.68. The summed E-state index contributed by atoms with van der Waals surface area (Å²) in [5.41, 5.74) is 7.03. The van der Waals surface area contributed by atoms with Crippen molar-refractivity contribution in [3.8, 4) is 23.0 Å². The summed E-state index contributed by atoms with van der Waals surface area (Å²) in [6.07, 6.45) is 20.2. The number of hydrogen-bond acceptors (Lipinski definition) is 4.